The first-order valence-corrected chi connectivity index (χ1v) is 7.47. The fraction of sp³-hybridized carbons (Fsp3) is 0.438. The van der Waals surface area contributed by atoms with E-state index in [1.165, 1.54) is 6.92 Å². The third-order valence-corrected chi connectivity index (χ3v) is 3.52. The molecule has 1 heterocycles. The van der Waals surface area contributed by atoms with E-state index in [1.54, 1.807) is 29.2 Å². The van der Waals surface area contributed by atoms with Gasteiger partial charge in [-0.2, -0.15) is 0 Å². The van der Waals surface area contributed by atoms with Crippen LogP contribution >= 0.6 is 0 Å². The molecule has 1 atom stereocenters. The molecule has 0 spiro atoms. The van der Waals surface area contributed by atoms with Crippen molar-refractivity contribution < 1.29 is 14.4 Å². The molecule has 6 heteroatoms. The standard InChI is InChI=1S/C16H21N3O3/c1-3-7-17-16(22)12-8-15(21)19(10-12)14-6-4-5-13(9-14)18-11(2)20/h4-6,9,12H,3,7-8,10H2,1-2H3,(H,17,22)(H,18,20). The zero-order chi connectivity index (χ0) is 16.1. The lowest BCUT2D eigenvalue weighted by Crippen LogP contribution is -2.33. The molecule has 0 aliphatic carbocycles. The number of carbonyl (C=O) groups excluding carboxylic acids is 3. The Morgan fingerprint density at radius 3 is 2.82 bits per heavy atom. The van der Waals surface area contributed by atoms with Crippen molar-refractivity contribution in [3.05, 3.63) is 24.3 Å². The fourth-order valence-corrected chi connectivity index (χ4v) is 2.48. The summed E-state index contributed by atoms with van der Waals surface area (Å²) in [6.07, 6.45) is 1.09. The second kappa shape index (κ2) is 7.06. The van der Waals surface area contributed by atoms with Crippen molar-refractivity contribution in [2.24, 2.45) is 5.92 Å². The van der Waals surface area contributed by atoms with Crippen molar-refractivity contribution in [3.63, 3.8) is 0 Å². The van der Waals surface area contributed by atoms with Gasteiger partial charge in [0, 0.05) is 37.8 Å². The highest BCUT2D eigenvalue weighted by Crippen LogP contribution is 2.27. The SMILES string of the molecule is CCCNC(=O)C1CC(=O)N(c2cccc(NC(C)=O)c2)C1. The average molecular weight is 303 g/mol. The first-order valence-electron chi connectivity index (χ1n) is 7.47. The number of benzene rings is 1. The third-order valence-electron chi connectivity index (χ3n) is 3.52. The van der Waals surface area contributed by atoms with Gasteiger partial charge in [0.1, 0.15) is 0 Å². The Bertz CT molecular complexity index is 586. The molecule has 2 N–H and O–H groups in total. The summed E-state index contributed by atoms with van der Waals surface area (Å²) < 4.78 is 0. The molecular formula is C16H21N3O3. The van der Waals surface area contributed by atoms with Crippen LogP contribution in [0.5, 0.6) is 0 Å². The second-order valence-corrected chi connectivity index (χ2v) is 5.43. The minimum Gasteiger partial charge on any atom is -0.356 e. The molecule has 0 bridgehead atoms. The maximum Gasteiger partial charge on any atom is 0.227 e. The topological polar surface area (TPSA) is 78.5 Å². The highest BCUT2D eigenvalue weighted by atomic mass is 16.2. The van der Waals surface area contributed by atoms with E-state index in [0.29, 0.717) is 24.5 Å². The maximum atomic E-state index is 12.2. The van der Waals surface area contributed by atoms with E-state index in [2.05, 4.69) is 10.6 Å². The lowest BCUT2D eigenvalue weighted by atomic mass is 10.1. The number of hydrogen-bond acceptors (Lipinski definition) is 3. The predicted octanol–water partition coefficient (Wildman–Crippen LogP) is 1.52. The van der Waals surface area contributed by atoms with Gasteiger partial charge in [-0.15, -0.1) is 0 Å². The van der Waals surface area contributed by atoms with Crippen LogP contribution in [0.25, 0.3) is 0 Å². The molecule has 6 nitrogen and oxygen atoms in total. The summed E-state index contributed by atoms with van der Waals surface area (Å²) in [7, 11) is 0. The van der Waals surface area contributed by atoms with E-state index < -0.39 is 0 Å². The highest BCUT2D eigenvalue weighted by Gasteiger charge is 2.34. The van der Waals surface area contributed by atoms with Crippen LogP contribution in [-0.2, 0) is 14.4 Å². The van der Waals surface area contributed by atoms with E-state index in [0.717, 1.165) is 6.42 Å². The summed E-state index contributed by atoms with van der Waals surface area (Å²) >= 11 is 0. The van der Waals surface area contributed by atoms with Crippen LogP contribution in [0.4, 0.5) is 11.4 Å². The number of rotatable bonds is 5. The maximum absolute atomic E-state index is 12.2. The molecule has 1 aromatic rings. The summed E-state index contributed by atoms with van der Waals surface area (Å²) in [6.45, 7) is 4.42. The highest BCUT2D eigenvalue weighted by molar-refractivity contribution is 6.01. The normalized spacial score (nSPS) is 17.5. The van der Waals surface area contributed by atoms with Gasteiger partial charge in [-0.25, -0.2) is 0 Å². The molecule has 22 heavy (non-hydrogen) atoms. The Hall–Kier alpha value is -2.37. The Labute approximate surface area is 129 Å². The summed E-state index contributed by atoms with van der Waals surface area (Å²) in [5.41, 5.74) is 1.33. The molecule has 3 amide bonds. The Morgan fingerprint density at radius 2 is 2.14 bits per heavy atom. The zero-order valence-electron chi connectivity index (χ0n) is 12.9. The molecule has 1 unspecified atom stereocenters. The number of nitrogens with one attached hydrogen (secondary N) is 2. The van der Waals surface area contributed by atoms with Crippen LogP contribution in [-0.4, -0.2) is 30.8 Å². The molecule has 118 valence electrons. The second-order valence-electron chi connectivity index (χ2n) is 5.43. The van der Waals surface area contributed by atoms with Gasteiger partial charge >= 0.3 is 0 Å². The molecule has 1 aliphatic heterocycles. The van der Waals surface area contributed by atoms with Crippen LogP contribution < -0.4 is 15.5 Å². The molecular weight excluding hydrogens is 282 g/mol. The van der Waals surface area contributed by atoms with Gasteiger partial charge in [0.15, 0.2) is 0 Å². The van der Waals surface area contributed by atoms with Crippen LogP contribution in [0, 0.1) is 5.92 Å². The van der Waals surface area contributed by atoms with E-state index in [9.17, 15) is 14.4 Å². The lowest BCUT2D eigenvalue weighted by molar-refractivity contribution is -0.126. The van der Waals surface area contributed by atoms with E-state index in [1.807, 2.05) is 6.92 Å². The quantitative estimate of drug-likeness (QED) is 0.865. The summed E-state index contributed by atoms with van der Waals surface area (Å²) in [4.78, 5) is 36.9. The number of anilines is 2. The van der Waals surface area contributed by atoms with Gasteiger partial charge in [0.05, 0.1) is 5.92 Å². The minimum atomic E-state index is -0.316. The van der Waals surface area contributed by atoms with Gasteiger partial charge in [-0.3, -0.25) is 14.4 Å². The van der Waals surface area contributed by atoms with Crippen molar-refractivity contribution in [1.29, 1.82) is 0 Å². The van der Waals surface area contributed by atoms with Gasteiger partial charge in [0.2, 0.25) is 17.7 Å². The Balaban J connectivity index is 2.08. The van der Waals surface area contributed by atoms with Crippen molar-refractivity contribution in [2.75, 3.05) is 23.3 Å². The van der Waals surface area contributed by atoms with E-state index >= 15 is 0 Å². The fourth-order valence-electron chi connectivity index (χ4n) is 2.48. The predicted molar refractivity (Wildman–Crippen MR) is 84.5 cm³/mol. The van der Waals surface area contributed by atoms with Crippen LogP contribution in [0.1, 0.15) is 26.7 Å². The Morgan fingerprint density at radius 1 is 1.36 bits per heavy atom. The van der Waals surface area contributed by atoms with Crippen LogP contribution in [0.15, 0.2) is 24.3 Å². The molecule has 1 fully saturated rings. The minimum absolute atomic E-state index is 0.0726. The largest absolute Gasteiger partial charge is 0.356 e. The monoisotopic (exact) mass is 303 g/mol. The van der Waals surface area contributed by atoms with Crippen LogP contribution in [0.3, 0.4) is 0 Å². The molecule has 1 aromatic carbocycles. The third kappa shape index (κ3) is 3.84. The van der Waals surface area contributed by atoms with Crippen molar-refractivity contribution in [2.45, 2.75) is 26.7 Å². The molecule has 1 aliphatic rings. The molecule has 1 saturated heterocycles. The number of amides is 3. The van der Waals surface area contributed by atoms with E-state index in [-0.39, 0.29) is 30.1 Å². The Kier molecular flexibility index (Phi) is 5.14. The summed E-state index contributed by atoms with van der Waals surface area (Å²) in [5.74, 6) is -0.627. The number of hydrogen-bond donors (Lipinski definition) is 2. The number of nitrogens with zero attached hydrogens (tertiary/aromatic N) is 1. The van der Waals surface area contributed by atoms with Gasteiger partial charge in [-0.05, 0) is 24.6 Å². The van der Waals surface area contributed by atoms with Crippen molar-refractivity contribution in [1.82, 2.24) is 5.32 Å². The van der Waals surface area contributed by atoms with Gasteiger partial charge in [0.25, 0.3) is 0 Å². The lowest BCUT2D eigenvalue weighted by Gasteiger charge is -2.17. The summed E-state index contributed by atoms with van der Waals surface area (Å²) in [6, 6.07) is 7.08. The number of carbonyl (C=O) groups is 3. The van der Waals surface area contributed by atoms with Gasteiger partial charge in [-0.1, -0.05) is 13.0 Å². The molecule has 0 radical (unpaired) electrons. The molecule has 0 aromatic heterocycles. The molecule has 2 rings (SSSR count). The smallest absolute Gasteiger partial charge is 0.227 e. The first kappa shape index (κ1) is 16.0. The molecule has 0 saturated carbocycles. The van der Waals surface area contributed by atoms with Crippen LogP contribution in [0.2, 0.25) is 0 Å². The first-order chi connectivity index (χ1) is 10.5. The average Bonchev–Trinajstić information content (AvgIpc) is 2.86. The van der Waals surface area contributed by atoms with Gasteiger partial charge < -0.3 is 15.5 Å². The van der Waals surface area contributed by atoms with Crippen molar-refractivity contribution >= 4 is 29.1 Å². The summed E-state index contributed by atoms with van der Waals surface area (Å²) in [5, 5.41) is 5.52. The zero-order valence-corrected chi connectivity index (χ0v) is 12.9. The van der Waals surface area contributed by atoms with E-state index in [4.69, 9.17) is 0 Å². The van der Waals surface area contributed by atoms with Crippen molar-refractivity contribution in [3.8, 4) is 0 Å².